The molecule has 0 aromatic heterocycles. The monoisotopic (exact) mass is 387 g/mol. The Morgan fingerprint density at radius 3 is 2.63 bits per heavy atom. The predicted molar refractivity (Wildman–Crippen MR) is 101 cm³/mol. The van der Waals surface area contributed by atoms with Gasteiger partial charge in [-0.25, -0.2) is 10.3 Å². The molecule has 1 heterocycles. The predicted octanol–water partition coefficient (Wildman–Crippen LogP) is 2.31. The van der Waals surface area contributed by atoms with Crippen molar-refractivity contribution in [3.63, 3.8) is 0 Å². The van der Waals surface area contributed by atoms with Gasteiger partial charge in [-0.1, -0.05) is 17.7 Å². The Morgan fingerprint density at radius 1 is 1.22 bits per heavy atom. The lowest BCUT2D eigenvalue weighted by Crippen LogP contribution is -2.48. The second-order valence-corrected chi connectivity index (χ2v) is 6.30. The molecule has 27 heavy (non-hydrogen) atoms. The summed E-state index contributed by atoms with van der Waals surface area (Å²) in [6.45, 7) is 2.40. The van der Waals surface area contributed by atoms with Gasteiger partial charge in [0.05, 0.1) is 18.7 Å². The fraction of sp³-hybridized carbons (Fsp3) is 0.211. The van der Waals surface area contributed by atoms with E-state index in [1.807, 2.05) is 6.92 Å². The summed E-state index contributed by atoms with van der Waals surface area (Å²) in [6, 6.07) is 12.2. The zero-order chi connectivity index (χ0) is 19.4. The lowest BCUT2D eigenvalue weighted by molar-refractivity contribution is -0.121. The fourth-order valence-corrected chi connectivity index (χ4v) is 2.92. The molecule has 3 rings (SSSR count). The molecule has 1 saturated heterocycles. The number of anilines is 1. The molecule has 0 saturated carbocycles. The van der Waals surface area contributed by atoms with E-state index in [0.717, 1.165) is 4.90 Å². The molecular formula is C19H18ClN3O4. The summed E-state index contributed by atoms with van der Waals surface area (Å²) in [5.74, 6) is -0.574. The molecule has 1 aliphatic heterocycles. The van der Waals surface area contributed by atoms with Crippen molar-refractivity contribution >= 4 is 35.0 Å². The molecule has 1 aliphatic rings. The number of nitrogens with zero attached hydrogens (tertiary/aromatic N) is 1. The van der Waals surface area contributed by atoms with Crippen LogP contribution in [0.15, 0.2) is 48.5 Å². The van der Waals surface area contributed by atoms with E-state index in [2.05, 4.69) is 10.9 Å². The molecular weight excluding hydrogens is 370 g/mol. The van der Waals surface area contributed by atoms with Crippen LogP contribution in [0, 0.1) is 0 Å². The average Bonchev–Trinajstić information content (AvgIpc) is 2.94. The van der Waals surface area contributed by atoms with Gasteiger partial charge < -0.3 is 4.74 Å². The van der Waals surface area contributed by atoms with Gasteiger partial charge in [0.25, 0.3) is 11.8 Å². The minimum absolute atomic E-state index is 0.0537. The minimum atomic E-state index is -0.841. The van der Waals surface area contributed by atoms with Gasteiger partial charge in [-0.3, -0.25) is 19.8 Å². The first-order valence-electron chi connectivity index (χ1n) is 8.40. The third kappa shape index (κ3) is 4.27. The number of hydrogen-bond donors (Lipinski definition) is 2. The van der Waals surface area contributed by atoms with Gasteiger partial charge in [0.15, 0.2) is 0 Å². The molecule has 7 nitrogen and oxygen atoms in total. The van der Waals surface area contributed by atoms with Crippen LogP contribution < -0.4 is 20.5 Å². The van der Waals surface area contributed by atoms with Gasteiger partial charge in [0.2, 0.25) is 5.91 Å². The summed E-state index contributed by atoms with van der Waals surface area (Å²) in [6.07, 6.45) is -0.0537. The highest BCUT2D eigenvalue weighted by atomic mass is 35.5. The smallest absolute Gasteiger partial charge is 0.265 e. The number of benzene rings is 2. The molecule has 2 N–H and O–H groups in total. The van der Waals surface area contributed by atoms with Gasteiger partial charge in [0.1, 0.15) is 11.8 Å². The van der Waals surface area contributed by atoms with Crippen LogP contribution in [0.1, 0.15) is 23.7 Å². The third-order valence-electron chi connectivity index (χ3n) is 4.00. The molecule has 0 spiro atoms. The van der Waals surface area contributed by atoms with E-state index in [4.69, 9.17) is 16.3 Å². The number of hydrazine groups is 1. The molecule has 0 radical (unpaired) electrons. The SMILES string of the molecule is CCOc1ccc(N2C(=O)C[C@H](NNC(=O)c3cccc(Cl)c3)C2=O)cc1. The van der Waals surface area contributed by atoms with Crippen molar-refractivity contribution in [1.29, 1.82) is 0 Å². The van der Waals surface area contributed by atoms with Crippen molar-refractivity contribution in [1.82, 2.24) is 10.9 Å². The minimum Gasteiger partial charge on any atom is -0.494 e. The summed E-state index contributed by atoms with van der Waals surface area (Å²) in [7, 11) is 0. The van der Waals surface area contributed by atoms with Crippen LogP contribution >= 0.6 is 11.6 Å². The molecule has 0 bridgehead atoms. The summed E-state index contributed by atoms with van der Waals surface area (Å²) in [5.41, 5.74) is 5.88. The van der Waals surface area contributed by atoms with Crippen molar-refractivity contribution in [3.05, 3.63) is 59.1 Å². The molecule has 2 aromatic carbocycles. The summed E-state index contributed by atoms with van der Waals surface area (Å²) in [4.78, 5) is 38.1. The first-order chi connectivity index (χ1) is 13.0. The number of hydrogen-bond acceptors (Lipinski definition) is 5. The lowest BCUT2D eigenvalue weighted by Gasteiger charge is -2.16. The van der Waals surface area contributed by atoms with Gasteiger partial charge in [-0.2, -0.15) is 0 Å². The zero-order valence-electron chi connectivity index (χ0n) is 14.6. The fourth-order valence-electron chi connectivity index (χ4n) is 2.73. The summed E-state index contributed by atoms with van der Waals surface area (Å²) in [5, 5.41) is 0.427. The van der Waals surface area contributed by atoms with Gasteiger partial charge in [-0.15, -0.1) is 0 Å². The number of halogens is 1. The van der Waals surface area contributed by atoms with E-state index < -0.39 is 17.9 Å². The van der Waals surface area contributed by atoms with Crippen molar-refractivity contribution in [2.75, 3.05) is 11.5 Å². The highest BCUT2D eigenvalue weighted by Gasteiger charge is 2.39. The second kappa shape index (κ2) is 8.20. The molecule has 0 unspecified atom stereocenters. The number of imide groups is 1. The third-order valence-corrected chi connectivity index (χ3v) is 4.23. The number of amides is 3. The van der Waals surface area contributed by atoms with Crippen molar-refractivity contribution in [3.8, 4) is 5.75 Å². The quantitative estimate of drug-likeness (QED) is 0.586. The molecule has 1 fully saturated rings. The largest absolute Gasteiger partial charge is 0.494 e. The molecule has 8 heteroatoms. The van der Waals surface area contributed by atoms with Crippen LogP contribution in [-0.4, -0.2) is 30.4 Å². The number of carbonyl (C=O) groups is 3. The van der Waals surface area contributed by atoms with Crippen LogP contribution in [0.5, 0.6) is 5.75 Å². The standard InChI is InChI=1S/C19H18ClN3O4/c1-2-27-15-8-6-14(7-9-15)23-17(24)11-16(19(23)26)21-22-18(25)12-4-3-5-13(20)10-12/h3-10,16,21H,2,11H2,1H3,(H,22,25)/t16-/m0/s1. The van der Waals surface area contributed by atoms with E-state index in [9.17, 15) is 14.4 Å². The Morgan fingerprint density at radius 2 is 1.96 bits per heavy atom. The van der Waals surface area contributed by atoms with E-state index in [0.29, 0.717) is 28.6 Å². The van der Waals surface area contributed by atoms with Crippen LogP contribution in [0.25, 0.3) is 0 Å². The van der Waals surface area contributed by atoms with E-state index in [1.54, 1.807) is 42.5 Å². The van der Waals surface area contributed by atoms with Crippen molar-refractivity contribution in [2.45, 2.75) is 19.4 Å². The van der Waals surface area contributed by atoms with E-state index in [1.165, 1.54) is 6.07 Å². The average molecular weight is 388 g/mol. The molecule has 1 atom stereocenters. The number of nitrogens with one attached hydrogen (secondary N) is 2. The van der Waals surface area contributed by atoms with E-state index in [-0.39, 0.29) is 12.3 Å². The molecule has 0 aliphatic carbocycles. The van der Waals surface area contributed by atoms with Gasteiger partial charge >= 0.3 is 0 Å². The van der Waals surface area contributed by atoms with Crippen LogP contribution in [0.2, 0.25) is 5.02 Å². The second-order valence-electron chi connectivity index (χ2n) is 5.86. The number of rotatable bonds is 6. The van der Waals surface area contributed by atoms with Crippen LogP contribution in [-0.2, 0) is 9.59 Å². The topological polar surface area (TPSA) is 87.7 Å². The highest BCUT2D eigenvalue weighted by molar-refractivity contribution is 6.31. The Kier molecular flexibility index (Phi) is 5.73. The Balaban J connectivity index is 1.64. The Hall–Kier alpha value is -2.90. The van der Waals surface area contributed by atoms with Crippen molar-refractivity contribution in [2.24, 2.45) is 0 Å². The van der Waals surface area contributed by atoms with Crippen LogP contribution in [0.4, 0.5) is 5.69 Å². The molecule has 140 valence electrons. The summed E-state index contributed by atoms with van der Waals surface area (Å²) >= 11 is 5.86. The number of ether oxygens (including phenoxy) is 1. The van der Waals surface area contributed by atoms with Gasteiger partial charge in [0, 0.05) is 10.6 Å². The maximum Gasteiger partial charge on any atom is 0.265 e. The van der Waals surface area contributed by atoms with E-state index >= 15 is 0 Å². The van der Waals surface area contributed by atoms with Crippen molar-refractivity contribution < 1.29 is 19.1 Å². The summed E-state index contributed by atoms with van der Waals surface area (Å²) < 4.78 is 5.36. The maximum absolute atomic E-state index is 12.6. The Bertz CT molecular complexity index is 870. The van der Waals surface area contributed by atoms with Crippen LogP contribution in [0.3, 0.4) is 0 Å². The first kappa shape index (κ1) is 18.9. The first-order valence-corrected chi connectivity index (χ1v) is 8.78. The maximum atomic E-state index is 12.6. The lowest BCUT2D eigenvalue weighted by atomic mass is 10.2. The molecule has 2 aromatic rings. The Labute approximate surface area is 161 Å². The zero-order valence-corrected chi connectivity index (χ0v) is 15.3. The van der Waals surface area contributed by atoms with Gasteiger partial charge in [-0.05, 0) is 49.4 Å². The normalized spacial score (nSPS) is 16.5. The number of carbonyl (C=O) groups excluding carboxylic acids is 3. The molecule has 3 amide bonds. The highest BCUT2D eigenvalue weighted by Crippen LogP contribution is 2.25.